The predicted octanol–water partition coefficient (Wildman–Crippen LogP) is 1.13. The van der Waals surface area contributed by atoms with E-state index in [-0.39, 0.29) is 11.9 Å². The molecule has 114 valence electrons. The molecule has 2 saturated heterocycles. The van der Waals surface area contributed by atoms with Crippen LogP contribution in [0.25, 0.3) is 0 Å². The molecule has 0 aromatic heterocycles. The molecule has 21 heavy (non-hydrogen) atoms. The van der Waals surface area contributed by atoms with E-state index >= 15 is 0 Å². The third kappa shape index (κ3) is 3.83. The molecular weight excluding hydrogens is 262 g/mol. The van der Waals surface area contributed by atoms with Crippen LogP contribution in [0.5, 0.6) is 0 Å². The first-order valence-corrected chi connectivity index (χ1v) is 8.11. The number of nitrogens with one attached hydrogen (secondary N) is 1. The number of amides is 1. The summed E-state index contributed by atoms with van der Waals surface area (Å²) in [5.74, 6) is 0.235. The lowest BCUT2D eigenvalue weighted by Gasteiger charge is -2.40. The van der Waals surface area contributed by atoms with Crippen molar-refractivity contribution in [2.45, 2.75) is 25.3 Å². The number of hydrogen-bond donors (Lipinski definition) is 1. The average molecular weight is 287 g/mol. The van der Waals surface area contributed by atoms with Gasteiger partial charge in [-0.2, -0.15) is 0 Å². The summed E-state index contributed by atoms with van der Waals surface area (Å²) in [5, 5.41) is 2.99. The highest BCUT2D eigenvalue weighted by Crippen LogP contribution is 2.14. The Hall–Kier alpha value is -1.39. The molecular formula is C17H25N3O. The third-order valence-corrected chi connectivity index (χ3v) is 4.66. The van der Waals surface area contributed by atoms with Crippen molar-refractivity contribution in [2.24, 2.45) is 0 Å². The van der Waals surface area contributed by atoms with Crippen LogP contribution in [0.4, 0.5) is 0 Å². The fourth-order valence-corrected chi connectivity index (χ4v) is 3.33. The van der Waals surface area contributed by atoms with E-state index in [4.69, 9.17) is 0 Å². The largest absolute Gasteiger partial charge is 0.355 e. The zero-order chi connectivity index (χ0) is 14.5. The van der Waals surface area contributed by atoms with Gasteiger partial charge in [0, 0.05) is 39.3 Å². The van der Waals surface area contributed by atoms with E-state index in [9.17, 15) is 4.79 Å². The average Bonchev–Trinajstić information content (AvgIpc) is 2.55. The van der Waals surface area contributed by atoms with Gasteiger partial charge < -0.3 is 10.2 Å². The summed E-state index contributed by atoms with van der Waals surface area (Å²) in [7, 11) is 0. The molecule has 1 unspecified atom stereocenters. The second kappa shape index (κ2) is 7.05. The lowest BCUT2D eigenvalue weighted by Crippen LogP contribution is -2.56. The molecule has 0 saturated carbocycles. The molecule has 2 aliphatic rings. The molecule has 1 aromatic rings. The summed E-state index contributed by atoms with van der Waals surface area (Å²) in [6.07, 6.45) is 3.26. The van der Waals surface area contributed by atoms with Gasteiger partial charge in [0.2, 0.25) is 5.91 Å². The second-order valence-electron chi connectivity index (χ2n) is 6.06. The molecule has 1 N–H and O–H groups in total. The van der Waals surface area contributed by atoms with Crippen LogP contribution in [0.3, 0.4) is 0 Å². The van der Waals surface area contributed by atoms with Crippen molar-refractivity contribution in [3.05, 3.63) is 35.9 Å². The van der Waals surface area contributed by atoms with Crippen LogP contribution < -0.4 is 5.32 Å². The number of carbonyl (C=O) groups is 1. The highest BCUT2D eigenvalue weighted by Gasteiger charge is 2.30. The minimum Gasteiger partial charge on any atom is -0.355 e. The maximum absolute atomic E-state index is 11.9. The fourth-order valence-electron chi connectivity index (χ4n) is 3.33. The molecule has 2 aliphatic heterocycles. The SMILES string of the molecule is O=C1NCCCC1N1CCN(CCc2ccccc2)CC1. The zero-order valence-corrected chi connectivity index (χ0v) is 12.6. The monoisotopic (exact) mass is 287 g/mol. The summed E-state index contributed by atoms with van der Waals surface area (Å²) < 4.78 is 0. The lowest BCUT2D eigenvalue weighted by atomic mass is 10.0. The van der Waals surface area contributed by atoms with Crippen molar-refractivity contribution in [1.29, 1.82) is 0 Å². The summed E-state index contributed by atoms with van der Waals surface area (Å²) in [6.45, 7) is 6.17. The molecule has 3 rings (SSSR count). The number of rotatable bonds is 4. The summed E-state index contributed by atoms with van der Waals surface area (Å²) in [4.78, 5) is 16.8. The van der Waals surface area contributed by atoms with Gasteiger partial charge in [0.1, 0.15) is 0 Å². The second-order valence-corrected chi connectivity index (χ2v) is 6.06. The zero-order valence-electron chi connectivity index (χ0n) is 12.6. The van der Waals surface area contributed by atoms with Gasteiger partial charge in [0.05, 0.1) is 6.04 Å². The van der Waals surface area contributed by atoms with E-state index < -0.39 is 0 Å². The van der Waals surface area contributed by atoms with Gasteiger partial charge in [-0.25, -0.2) is 0 Å². The van der Waals surface area contributed by atoms with Crippen molar-refractivity contribution < 1.29 is 4.79 Å². The Bertz CT molecular complexity index is 454. The van der Waals surface area contributed by atoms with Crippen molar-refractivity contribution in [2.75, 3.05) is 39.3 Å². The summed E-state index contributed by atoms with van der Waals surface area (Å²) >= 11 is 0. The van der Waals surface area contributed by atoms with Crippen LogP contribution in [-0.4, -0.2) is 61.0 Å². The number of piperidine rings is 1. The van der Waals surface area contributed by atoms with Crippen molar-refractivity contribution in [3.63, 3.8) is 0 Å². The van der Waals surface area contributed by atoms with E-state index in [0.29, 0.717) is 0 Å². The highest BCUT2D eigenvalue weighted by molar-refractivity contribution is 5.82. The first-order valence-electron chi connectivity index (χ1n) is 8.11. The number of benzene rings is 1. The van der Waals surface area contributed by atoms with Crippen LogP contribution >= 0.6 is 0 Å². The topological polar surface area (TPSA) is 35.6 Å². The number of carbonyl (C=O) groups excluding carboxylic acids is 1. The first kappa shape index (κ1) is 14.5. The number of hydrogen-bond acceptors (Lipinski definition) is 3. The minimum absolute atomic E-state index is 0.120. The molecule has 0 aliphatic carbocycles. The van der Waals surface area contributed by atoms with Crippen LogP contribution in [0.1, 0.15) is 18.4 Å². The van der Waals surface area contributed by atoms with Gasteiger partial charge in [-0.15, -0.1) is 0 Å². The van der Waals surface area contributed by atoms with E-state index in [0.717, 1.165) is 58.5 Å². The smallest absolute Gasteiger partial charge is 0.237 e. The summed E-state index contributed by atoms with van der Waals surface area (Å²) in [6, 6.07) is 10.8. The Balaban J connectivity index is 1.43. The summed E-state index contributed by atoms with van der Waals surface area (Å²) in [5.41, 5.74) is 1.41. The van der Waals surface area contributed by atoms with Crippen molar-refractivity contribution in [1.82, 2.24) is 15.1 Å². The van der Waals surface area contributed by atoms with Gasteiger partial charge in [-0.05, 0) is 24.8 Å². The van der Waals surface area contributed by atoms with E-state index in [1.165, 1.54) is 5.56 Å². The Kier molecular flexibility index (Phi) is 4.88. The molecule has 4 nitrogen and oxygen atoms in total. The first-order chi connectivity index (χ1) is 10.3. The van der Waals surface area contributed by atoms with Crippen LogP contribution in [0.2, 0.25) is 0 Å². The molecule has 0 radical (unpaired) electrons. The van der Waals surface area contributed by atoms with Gasteiger partial charge in [0.25, 0.3) is 0 Å². The fraction of sp³-hybridized carbons (Fsp3) is 0.588. The quantitative estimate of drug-likeness (QED) is 0.901. The van der Waals surface area contributed by atoms with Gasteiger partial charge in [0.15, 0.2) is 0 Å². The Morgan fingerprint density at radius 2 is 1.86 bits per heavy atom. The number of nitrogens with zero attached hydrogens (tertiary/aromatic N) is 2. The number of piperazine rings is 1. The predicted molar refractivity (Wildman–Crippen MR) is 84.2 cm³/mol. The van der Waals surface area contributed by atoms with E-state index in [1.807, 2.05) is 0 Å². The van der Waals surface area contributed by atoms with E-state index in [1.54, 1.807) is 0 Å². The van der Waals surface area contributed by atoms with E-state index in [2.05, 4.69) is 45.4 Å². The minimum atomic E-state index is 0.120. The van der Waals surface area contributed by atoms with Gasteiger partial charge in [-0.1, -0.05) is 30.3 Å². The lowest BCUT2D eigenvalue weighted by molar-refractivity contribution is -0.129. The Morgan fingerprint density at radius 3 is 2.57 bits per heavy atom. The normalized spacial score (nSPS) is 24.8. The molecule has 4 heteroatoms. The van der Waals surface area contributed by atoms with Crippen LogP contribution in [0.15, 0.2) is 30.3 Å². The maximum Gasteiger partial charge on any atom is 0.237 e. The molecule has 2 fully saturated rings. The molecule has 0 spiro atoms. The van der Waals surface area contributed by atoms with Crippen LogP contribution in [-0.2, 0) is 11.2 Å². The Morgan fingerprint density at radius 1 is 1.10 bits per heavy atom. The molecule has 2 heterocycles. The van der Waals surface area contributed by atoms with Crippen LogP contribution in [0, 0.1) is 0 Å². The molecule has 0 bridgehead atoms. The highest BCUT2D eigenvalue weighted by atomic mass is 16.2. The van der Waals surface area contributed by atoms with Gasteiger partial charge >= 0.3 is 0 Å². The Labute approximate surface area is 127 Å². The third-order valence-electron chi connectivity index (χ3n) is 4.66. The van der Waals surface area contributed by atoms with Crippen molar-refractivity contribution >= 4 is 5.91 Å². The molecule has 1 aromatic carbocycles. The van der Waals surface area contributed by atoms with Crippen molar-refractivity contribution in [3.8, 4) is 0 Å². The maximum atomic E-state index is 11.9. The standard InChI is InChI=1S/C17H25N3O/c21-17-16(7-4-9-18-17)20-13-11-19(12-14-20)10-8-15-5-2-1-3-6-15/h1-3,5-6,16H,4,7-14H2,(H,18,21). The molecule has 1 atom stereocenters. The molecule has 1 amide bonds. The van der Waals surface area contributed by atoms with Gasteiger partial charge in [-0.3, -0.25) is 9.69 Å².